The number of likely N-dealkylation sites (tertiary alicyclic amines) is 1. The van der Waals surface area contributed by atoms with E-state index in [0.29, 0.717) is 5.92 Å². The number of rotatable bonds is 6. The molecule has 0 bridgehead atoms. The molecule has 0 aromatic rings. The highest BCUT2D eigenvalue weighted by Gasteiger charge is 2.27. The van der Waals surface area contributed by atoms with Crippen LogP contribution in [0.5, 0.6) is 0 Å². The molecule has 0 radical (unpaired) electrons. The zero-order valence-corrected chi connectivity index (χ0v) is 12.7. The van der Waals surface area contributed by atoms with Gasteiger partial charge in [0.25, 0.3) is 0 Å². The quantitative estimate of drug-likeness (QED) is 0.725. The maximum atomic E-state index is 12.1. The second-order valence-electron chi connectivity index (χ2n) is 6.07. The molecule has 2 fully saturated rings. The lowest BCUT2D eigenvalue weighted by Gasteiger charge is -2.31. The van der Waals surface area contributed by atoms with Crippen molar-refractivity contribution in [3.05, 3.63) is 0 Å². The van der Waals surface area contributed by atoms with E-state index in [1.54, 1.807) is 0 Å². The van der Waals surface area contributed by atoms with Crippen molar-refractivity contribution in [1.29, 1.82) is 0 Å². The molecule has 1 amide bonds. The molecule has 2 aliphatic rings. The van der Waals surface area contributed by atoms with E-state index < -0.39 is 10.0 Å². The van der Waals surface area contributed by atoms with Gasteiger partial charge in [-0.1, -0.05) is 12.8 Å². The summed E-state index contributed by atoms with van der Waals surface area (Å²) in [5, 5.41) is 0. The van der Waals surface area contributed by atoms with Gasteiger partial charge in [0.2, 0.25) is 15.9 Å². The van der Waals surface area contributed by atoms with E-state index >= 15 is 0 Å². The summed E-state index contributed by atoms with van der Waals surface area (Å²) in [5.41, 5.74) is 5.16. The monoisotopic (exact) mass is 303 g/mol. The lowest BCUT2D eigenvalue weighted by Crippen LogP contribution is -2.47. The van der Waals surface area contributed by atoms with Gasteiger partial charge in [-0.15, -0.1) is 0 Å². The Labute approximate surface area is 121 Å². The van der Waals surface area contributed by atoms with Crippen LogP contribution in [0.4, 0.5) is 0 Å². The van der Waals surface area contributed by atoms with Crippen LogP contribution in [0.2, 0.25) is 0 Å². The molecule has 116 valence electrons. The Morgan fingerprint density at radius 2 is 1.75 bits per heavy atom. The van der Waals surface area contributed by atoms with Gasteiger partial charge in [-0.2, -0.15) is 0 Å². The average molecular weight is 303 g/mol. The van der Waals surface area contributed by atoms with Crippen LogP contribution < -0.4 is 10.5 Å². The molecule has 6 nitrogen and oxygen atoms in total. The largest absolute Gasteiger partial charge is 0.369 e. The summed E-state index contributed by atoms with van der Waals surface area (Å²) in [5.74, 6) is 0.279. The summed E-state index contributed by atoms with van der Waals surface area (Å²) in [6.07, 6.45) is 5.89. The van der Waals surface area contributed by atoms with Crippen LogP contribution in [0.15, 0.2) is 0 Å². The standard InChI is InChI=1S/C13H25N3O3S/c14-13(17)9-16-7-5-12(6-8-16)15-20(18,19)10-11-3-1-2-4-11/h11-12,15H,1-10H2,(H2,14,17). The van der Waals surface area contributed by atoms with Crippen molar-refractivity contribution in [1.82, 2.24) is 9.62 Å². The zero-order chi connectivity index (χ0) is 14.6. The Hall–Kier alpha value is -0.660. The Bertz CT molecular complexity index is 424. The topological polar surface area (TPSA) is 92.5 Å². The minimum absolute atomic E-state index is 0.00512. The van der Waals surface area contributed by atoms with Gasteiger partial charge >= 0.3 is 0 Å². The molecule has 2 rings (SSSR count). The lowest BCUT2D eigenvalue weighted by atomic mass is 10.1. The number of primary amides is 1. The van der Waals surface area contributed by atoms with Gasteiger partial charge in [-0.25, -0.2) is 13.1 Å². The van der Waals surface area contributed by atoms with Gasteiger partial charge in [0.05, 0.1) is 12.3 Å². The fourth-order valence-corrected chi connectivity index (χ4v) is 5.01. The Morgan fingerprint density at radius 1 is 1.15 bits per heavy atom. The van der Waals surface area contributed by atoms with Crippen LogP contribution in [-0.4, -0.2) is 50.7 Å². The first-order chi connectivity index (χ1) is 9.44. The third kappa shape index (κ3) is 5.03. The second-order valence-corrected chi connectivity index (χ2v) is 7.87. The van der Waals surface area contributed by atoms with Gasteiger partial charge in [-0.3, -0.25) is 9.69 Å². The average Bonchev–Trinajstić information content (AvgIpc) is 2.82. The Kier molecular flexibility index (Phi) is 5.40. The van der Waals surface area contributed by atoms with Crippen LogP contribution in [0.25, 0.3) is 0 Å². The summed E-state index contributed by atoms with van der Waals surface area (Å²) in [7, 11) is -3.17. The van der Waals surface area contributed by atoms with Gasteiger partial charge in [0, 0.05) is 19.1 Å². The fourth-order valence-electron chi connectivity index (χ4n) is 3.22. The van der Waals surface area contributed by atoms with Gasteiger partial charge in [0.1, 0.15) is 0 Å². The van der Waals surface area contributed by atoms with Gasteiger partial charge in [-0.05, 0) is 31.6 Å². The molecule has 1 saturated heterocycles. The van der Waals surface area contributed by atoms with E-state index in [4.69, 9.17) is 5.73 Å². The third-order valence-corrected chi connectivity index (χ3v) is 5.85. The molecule has 0 spiro atoms. The number of nitrogens with zero attached hydrogens (tertiary/aromatic N) is 1. The van der Waals surface area contributed by atoms with Gasteiger partial charge in [0.15, 0.2) is 0 Å². The van der Waals surface area contributed by atoms with E-state index in [1.807, 2.05) is 4.90 Å². The molecule has 0 unspecified atom stereocenters. The van der Waals surface area contributed by atoms with Crippen molar-refractivity contribution in [2.24, 2.45) is 11.7 Å². The van der Waals surface area contributed by atoms with Crippen LogP contribution in [0.3, 0.4) is 0 Å². The molecule has 1 heterocycles. The Morgan fingerprint density at radius 3 is 2.30 bits per heavy atom. The van der Waals surface area contributed by atoms with Crippen LogP contribution in [-0.2, 0) is 14.8 Å². The molecule has 0 aromatic carbocycles. The van der Waals surface area contributed by atoms with Crippen LogP contribution in [0, 0.1) is 5.92 Å². The van der Waals surface area contributed by atoms with Crippen molar-refractivity contribution in [3.63, 3.8) is 0 Å². The number of carbonyl (C=O) groups excluding carboxylic acids is 1. The maximum absolute atomic E-state index is 12.1. The van der Waals surface area contributed by atoms with Crippen molar-refractivity contribution >= 4 is 15.9 Å². The lowest BCUT2D eigenvalue weighted by molar-refractivity contribution is -0.119. The number of amides is 1. The first-order valence-corrected chi connectivity index (χ1v) is 9.10. The normalized spacial score (nSPS) is 23.2. The number of hydrogen-bond acceptors (Lipinski definition) is 4. The molecule has 7 heteroatoms. The van der Waals surface area contributed by atoms with Crippen molar-refractivity contribution in [2.45, 2.75) is 44.6 Å². The highest BCUT2D eigenvalue weighted by Crippen LogP contribution is 2.26. The first kappa shape index (κ1) is 15.7. The molecule has 1 aliphatic heterocycles. The minimum Gasteiger partial charge on any atom is -0.369 e. The summed E-state index contributed by atoms with van der Waals surface area (Å²) in [6.45, 7) is 1.71. The second kappa shape index (κ2) is 6.87. The van der Waals surface area contributed by atoms with Crippen LogP contribution >= 0.6 is 0 Å². The molecule has 3 N–H and O–H groups in total. The van der Waals surface area contributed by atoms with Crippen molar-refractivity contribution in [3.8, 4) is 0 Å². The summed E-state index contributed by atoms with van der Waals surface area (Å²) >= 11 is 0. The number of piperidine rings is 1. The zero-order valence-electron chi connectivity index (χ0n) is 11.9. The molecular formula is C13H25N3O3S. The third-order valence-electron chi connectivity index (χ3n) is 4.24. The van der Waals surface area contributed by atoms with E-state index in [-0.39, 0.29) is 24.2 Å². The SMILES string of the molecule is NC(=O)CN1CCC(NS(=O)(=O)CC2CCCC2)CC1. The number of carbonyl (C=O) groups is 1. The molecule has 1 aliphatic carbocycles. The molecule has 20 heavy (non-hydrogen) atoms. The molecule has 0 atom stereocenters. The fraction of sp³-hybridized carbons (Fsp3) is 0.923. The minimum atomic E-state index is -3.17. The predicted molar refractivity (Wildman–Crippen MR) is 77.5 cm³/mol. The highest BCUT2D eigenvalue weighted by molar-refractivity contribution is 7.89. The summed E-state index contributed by atoms with van der Waals surface area (Å²) < 4.78 is 27.1. The number of nitrogens with one attached hydrogen (secondary N) is 1. The predicted octanol–water partition coefficient (Wildman–Crippen LogP) is 0.0457. The number of nitrogens with two attached hydrogens (primary N) is 1. The van der Waals surface area contributed by atoms with Crippen molar-refractivity contribution < 1.29 is 13.2 Å². The summed E-state index contributed by atoms with van der Waals surface area (Å²) in [6, 6.07) is 0.00512. The van der Waals surface area contributed by atoms with E-state index in [1.165, 1.54) is 0 Å². The van der Waals surface area contributed by atoms with Crippen molar-refractivity contribution in [2.75, 3.05) is 25.4 Å². The Balaban J connectivity index is 1.75. The van der Waals surface area contributed by atoms with E-state index in [9.17, 15) is 13.2 Å². The highest BCUT2D eigenvalue weighted by atomic mass is 32.2. The van der Waals surface area contributed by atoms with E-state index in [0.717, 1.165) is 51.6 Å². The van der Waals surface area contributed by atoms with Crippen LogP contribution in [0.1, 0.15) is 38.5 Å². The van der Waals surface area contributed by atoms with E-state index in [2.05, 4.69) is 4.72 Å². The number of hydrogen-bond donors (Lipinski definition) is 2. The molecule has 0 aromatic heterocycles. The maximum Gasteiger partial charge on any atom is 0.231 e. The molecular weight excluding hydrogens is 278 g/mol. The first-order valence-electron chi connectivity index (χ1n) is 7.45. The molecule has 1 saturated carbocycles. The van der Waals surface area contributed by atoms with Gasteiger partial charge < -0.3 is 5.73 Å². The smallest absolute Gasteiger partial charge is 0.231 e. The number of sulfonamides is 1. The summed E-state index contributed by atoms with van der Waals surface area (Å²) in [4.78, 5) is 12.8.